The molecule has 0 fully saturated rings. The lowest BCUT2D eigenvalue weighted by molar-refractivity contribution is -0.115. The van der Waals surface area contributed by atoms with Crippen LogP contribution in [0.2, 0.25) is 0 Å². The van der Waals surface area contributed by atoms with Crippen molar-refractivity contribution in [1.29, 1.82) is 0 Å². The van der Waals surface area contributed by atoms with Gasteiger partial charge >= 0.3 is 0 Å². The molecule has 106 valence electrons. The molecule has 0 bridgehead atoms. The largest absolute Gasteiger partial charge is 0.326 e. The highest BCUT2D eigenvalue weighted by atomic mass is 16.1. The smallest absolute Gasteiger partial charge is 0.228 e. The number of nitrogens with one attached hydrogen (secondary N) is 1. The quantitative estimate of drug-likeness (QED) is 0.877. The van der Waals surface area contributed by atoms with E-state index in [1.165, 1.54) is 0 Å². The van der Waals surface area contributed by atoms with Crippen LogP contribution in [0.25, 0.3) is 0 Å². The van der Waals surface area contributed by atoms with Gasteiger partial charge in [-0.05, 0) is 48.7 Å². The van der Waals surface area contributed by atoms with Gasteiger partial charge in [0.05, 0.1) is 6.42 Å². The first-order chi connectivity index (χ1) is 10.0. The highest BCUT2D eigenvalue weighted by molar-refractivity contribution is 6.02. The van der Waals surface area contributed by atoms with Gasteiger partial charge in [0, 0.05) is 17.7 Å². The summed E-state index contributed by atoms with van der Waals surface area (Å²) in [4.78, 5) is 23.8. The molecule has 0 spiro atoms. The van der Waals surface area contributed by atoms with Crippen molar-refractivity contribution in [3.05, 3.63) is 64.2 Å². The summed E-state index contributed by atoms with van der Waals surface area (Å²) in [7, 11) is 0. The number of fused-ring (bicyclic) bond motifs is 1. The minimum atomic E-state index is -0.0101. The number of amides is 1. The number of rotatable bonds is 3. The SMILES string of the molecule is Cc1ccc(C)c(CC(=O)c2ccc3c(c2)CC(=O)N3)c1. The van der Waals surface area contributed by atoms with E-state index in [0.717, 1.165) is 27.9 Å². The summed E-state index contributed by atoms with van der Waals surface area (Å²) in [5.74, 6) is 0.0787. The third-order valence-corrected chi connectivity index (χ3v) is 3.91. The van der Waals surface area contributed by atoms with Crippen LogP contribution in [0.4, 0.5) is 5.69 Å². The van der Waals surface area contributed by atoms with Gasteiger partial charge in [-0.1, -0.05) is 23.8 Å². The van der Waals surface area contributed by atoms with Crippen LogP contribution in [-0.4, -0.2) is 11.7 Å². The van der Waals surface area contributed by atoms with Crippen LogP contribution < -0.4 is 5.32 Å². The summed E-state index contributed by atoms with van der Waals surface area (Å²) in [5, 5.41) is 2.78. The Morgan fingerprint density at radius 3 is 2.76 bits per heavy atom. The molecule has 0 atom stereocenters. The monoisotopic (exact) mass is 279 g/mol. The number of benzene rings is 2. The maximum Gasteiger partial charge on any atom is 0.228 e. The summed E-state index contributed by atoms with van der Waals surface area (Å²) in [5.41, 5.74) is 5.76. The fourth-order valence-corrected chi connectivity index (χ4v) is 2.67. The Bertz CT molecular complexity index is 747. The summed E-state index contributed by atoms with van der Waals surface area (Å²) < 4.78 is 0. The van der Waals surface area contributed by atoms with Crippen molar-refractivity contribution in [2.45, 2.75) is 26.7 Å². The number of Topliss-reactive ketones (excluding diaryl/α,β-unsaturated/α-hetero) is 1. The van der Waals surface area contributed by atoms with E-state index >= 15 is 0 Å². The van der Waals surface area contributed by atoms with E-state index in [1.807, 2.05) is 32.0 Å². The molecule has 1 N–H and O–H groups in total. The number of hydrogen-bond donors (Lipinski definition) is 1. The second-order valence-electron chi connectivity index (χ2n) is 5.63. The lowest BCUT2D eigenvalue weighted by atomic mass is 9.96. The fraction of sp³-hybridized carbons (Fsp3) is 0.222. The third kappa shape index (κ3) is 2.72. The van der Waals surface area contributed by atoms with Gasteiger partial charge in [0.15, 0.2) is 5.78 Å². The van der Waals surface area contributed by atoms with Crippen molar-refractivity contribution in [3.8, 4) is 0 Å². The van der Waals surface area contributed by atoms with E-state index < -0.39 is 0 Å². The predicted molar refractivity (Wildman–Crippen MR) is 82.7 cm³/mol. The van der Waals surface area contributed by atoms with E-state index in [1.54, 1.807) is 6.07 Å². The molecule has 2 aromatic rings. The van der Waals surface area contributed by atoms with Gasteiger partial charge in [0.1, 0.15) is 0 Å². The Hall–Kier alpha value is -2.42. The molecule has 1 aliphatic rings. The number of carbonyl (C=O) groups excluding carboxylic acids is 2. The van der Waals surface area contributed by atoms with Crippen LogP contribution in [0.5, 0.6) is 0 Å². The lowest BCUT2D eigenvalue weighted by Gasteiger charge is -2.08. The molecule has 1 heterocycles. The number of hydrogen-bond acceptors (Lipinski definition) is 2. The molecule has 21 heavy (non-hydrogen) atoms. The zero-order valence-corrected chi connectivity index (χ0v) is 12.2. The first-order valence-corrected chi connectivity index (χ1v) is 7.05. The fourth-order valence-electron chi connectivity index (χ4n) is 2.67. The summed E-state index contributed by atoms with van der Waals surface area (Å²) >= 11 is 0. The maximum atomic E-state index is 12.5. The van der Waals surface area contributed by atoms with Gasteiger partial charge in [-0.2, -0.15) is 0 Å². The highest BCUT2D eigenvalue weighted by Crippen LogP contribution is 2.24. The first kappa shape index (κ1) is 13.6. The van der Waals surface area contributed by atoms with Gasteiger partial charge in [-0.25, -0.2) is 0 Å². The standard InChI is InChI=1S/C18H17NO2/c1-11-3-4-12(2)14(7-11)9-17(20)13-5-6-16-15(8-13)10-18(21)19-16/h3-8H,9-10H2,1-2H3,(H,19,21). The number of carbonyl (C=O) groups is 2. The van der Waals surface area contributed by atoms with Crippen LogP contribution in [0.3, 0.4) is 0 Å². The van der Waals surface area contributed by atoms with E-state index in [4.69, 9.17) is 0 Å². The number of ketones is 1. The van der Waals surface area contributed by atoms with E-state index in [0.29, 0.717) is 18.4 Å². The second kappa shape index (κ2) is 5.17. The molecule has 0 saturated carbocycles. The normalized spacial score (nSPS) is 13.0. The Morgan fingerprint density at radius 2 is 1.95 bits per heavy atom. The molecular formula is C18H17NO2. The second-order valence-corrected chi connectivity index (χ2v) is 5.63. The zero-order chi connectivity index (χ0) is 15.0. The minimum Gasteiger partial charge on any atom is -0.326 e. The minimum absolute atomic E-state index is 0.0101. The Balaban J connectivity index is 1.85. The van der Waals surface area contributed by atoms with Crippen molar-refractivity contribution in [2.24, 2.45) is 0 Å². The van der Waals surface area contributed by atoms with Crippen molar-refractivity contribution >= 4 is 17.4 Å². The molecule has 3 rings (SSSR count). The molecule has 0 aromatic heterocycles. The molecular weight excluding hydrogens is 262 g/mol. The zero-order valence-electron chi connectivity index (χ0n) is 12.2. The summed E-state index contributed by atoms with van der Waals surface area (Å²) in [6.45, 7) is 4.05. The van der Waals surface area contributed by atoms with E-state index in [2.05, 4.69) is 17.4 Å². The summed E-state index contributed by atoms with van der Waals surface area (Å²) in [6, 6.07) is 11.6. The van der Waals surface area contributed by atoms with Crippen molar-refractivity contribution in [3.63, 3.8) is 0 Å². The Morgan fingerprint density at radius 1 is 1.14 bits per heavy atom. The van der Waals surface area contributed by atoms with Gasteiger partial charge in [0.2, 0.25) is 5.91 Å². The molecule has 0 radical (unpaired) electrons. The predicted octanol–water partition coefficient (Wildman–Crippen LogP) is 3.22. The van der Waals surface area contributed by atoms with Gasteiger partial charge in [0.25, 0.3) is 0 Å². The molecule has 0 saturated heterocycles. The highest BCUT2D eigenvalue weighted by Gasteiger charge is 2.19. The van der Waals surface area contributed by atoms with Crippen molar-refractivity contribution < 1.29 is 9.59 Å². The lowest BCUT2D eigenvalue weighted by Crippen LogP contribution is -2.05. The van der Waals surface area contributed by atoms with Crippen LogP contribution >= 0.6 is 0 Å². The maximum absolute atomic E-state index is 12.5. The molecule has 0 unspecified atom stereocenters. The van der Waals surface area contributed by atoms with Gasteiger partial charge in [-0.3, -0.25) is 9.59 Å². The molecule has 2 aromatic carbocycles. The van der Waals surface area contributed by atoms with Crippen LogP contribution in [-0.2, 0) is 17.6 Å². The van der Waals surface area contributed by atoms with Crippen molar-refractivity contribution in [2.75, 3.05) is 5.32 Å². The molecule has 3 heteroatoms. The van der Waals surface area contributed by atoms with E-state index in [9.17, 15) is 9.59 Å². The molecule has 0 aliphatic carbocycles. The number of aryl methyl sites for hydroxylation is 2. The topological polar surface area (TPSA) is 46.2 Å². The molecule has 1 amide bonds. The Labute approximate surface area is 124 Å². The molecule has 1 aliphatic heterocycles. The number of anilines is 1. The third-order valence-electron chi connectivity index (χ3n) is 3.91. The van der Waals surface area contributed by atoms with Gasteiger partial charge < -0.3 is 5.32 Å². The van der Waals surface area contributed by atoms with Gasteiger partial charge in [-0.15, -0.1) is 0 Å². The van der Waals surface area contributed by atoms with Crippen LogP contribution in [0.1, 0.15) is 32.6 Å². The Kier molecular flexibility index (Phi) is 3.34. The average Bonchev–Trinajstić information content (AvgIpc) is 2.81. The first-order valence-electron chi connectivity index (χ1n) is 7.05. The summed E-state index contributed by atoms with van der Waals surface area (Å²) in [6.07, 6.45) is 0.758. The van der Waals surface area contributed by atoms with Crippen LogP contribution in [0, 0.1) is 13.8 Å². The van der Waals surface area contributed by atoms with E-state index in [-0.39, 0.29) is 11.7 Å². The average molecular weight is 279 g/mol. The molecule has 3 nitrogen and oxygen atoms in total. The van der Waals surface area contributed by atoms with Crippen LogP contribution in [0.15, 0.2) is 36.4 Å². The van der Waals surface area contributed by atoms with Crippen molar-refractivity contribution in [1.82, 2.24) is 0 Å².